The predicted molar refractivity (Wildman–Crippen MR) is 79.2 cm³/mol. The van der Waals surface area contributed by atoms with Crippen LogP contribution in [-0.4, -0.2) is 19.1 Å². The standard InChI is InChI=1S/C16H16N2O2/c1-11-3-2-4-12(9-11)16(19)18-7-8-20-15-10-13(17)5-6-14(15)18/h2-6,9-10H,7-8,17H2,1H3. The van der Waals surface area contributed by atoms with E-state index in [1.807, 2.05) is 37.3 Å². The monoisotopic (exact) mass is 268 g/mol. The number of carbonyl (C=O) groups excluding carboxylic acids is 1. The average Bonchev–Trinajstić information content (AvgIpc) is 2.45. The Morgan fingerprint density at radius 3 is 2.90 bits per heavy atom. The number of hydrogen-bond acceptors (Lipinski definition) is 3. The van der Waals surface area contributed by atoms with Crippen LogP contribution in [0.3, 0.4) is 0 Å². The van der Waals surface area contributed by atoms with Gasteiger partial charge in [-0.2, -0.15) is 0 Å². The van der Waals surface area contributed by atoms with Gasteiger partial charge in [-0.05, 0) is 31.2 Å². The quantitative estimate of drug-likeness (QED) is 0.809. The van der Waals surface area contributed by atoms with Crippen LogP contribution in [-0.2, 0) is 0 Å². The summed E-state index contributed by atoms with van der Waals surface area (Å²) in [6.45, 7) is 3.00. The number of amides is 1. The average molecular weight is 268 g/mol. The van der Waals surface area contributed by atoms with Crippen LogP contribution in [0.1, 0.15) is 15.9 Å². The number of nitrogen functional groups attached to an aromatic ring is 1. The minimum Gasteiger partial charge on any atom is -0.489 e. The number of anilines is 2. The zero-order valence-electron chi connectivity index (χ0n) is 11.3. The van der Waals surface area contributed by atoms with Crippen molar-refractivity contribution < 1.29 is 9.53 Å². The number of ether oxygens (including phenoxy) is 1. The maximum Gasteiger partial charge on any atom is 0.258 e. The van der Waals surface area contributed by atoms with Crippen molar-refractivity contribution in [3.63, 3.8) is 0 Å². The lowest BCUT2D eigenvalue weighted by Crippen LogP contribution is -2.38. The van der Waals surface area contributed by atoms with Gasteiger partial charge < -0.3 is 15.4 Å². The van der Waals surface area contributed by atoms with E-state index < -0.39 is 0 Å². The second-order valence-electron chi connectivity index (χ2n) is 4.90. The minimum absolute atomic E-state index is 0.0111. The normalized spacial score (nSPS) is 13.6. The van der Waals surface area contributed by atoms with Crippen LogP contribution in [0, 0.1) is 6.92 Å². The number of fused-ring (bicyclic) bond motifs is 1. The van der Waals surface area contributed by atoms with E-state index in [1.165, 1.54) is 0 Å². The van der Waals surface area contributed by atoms with Crippen LogP contribution in [0.4, 0.5) is 11.4 Å². The smallest absolute Gasteiger partial charge is 0.258 e. The number of aryl methyl sites for hydroxylation is 1. The maximum atomic E-state index is 12.6. The third-order valence-corrected chi connectivity index (χ3v) is 3.36. The summed E-state index contributed by atoms with van der Waals surface area (Å²) >= 11 is 0. The van der Waals surface area contributed by atoms with Crippen molar-refractivity contribution in [2.24, 2.45) is 0 Å². The fourth-order valence-electron chi connectivity index (χ4n) is 2.38. The number of nitrogens with zero attached hydrogens (tertiary/aromatic N) is 1. The molecule has 1 amide bonds. The van der Waals surface area contributed by atoms with Gasteiger partial charge in [0.1, 0.15) is 12.4 Å². The first kappa shape index (κ1) is 12.5. The van der Waals surface area contributed by atoms with Gasteiger partial charge in [-0.1, -0.05) is 17.7 Å². The highest BCUT2D eigenvalue weighted by Crippen LogP contribution is 2.34. The molecule has 0 aliphatic carbocycles. The van der Waals surface area contributed by atoms with Gasteiger partial charge in [-0.15, -0.1) is 0 Å². The molecule has 20 heavy (non-hydrogen) atoms. The largest absolute Gasteiger partial charge is 0.489 e. The molecule has 0 bridgehead atoms. The Balaban J connectivity index is 1.98. The van der Waals surface area contributed by atoms with E-state index >= 15 is 0 Å². The third-order valence-electron chi connectivity index (χ3n) is 3.36. The lowest BCUT2D eigenvalue weighted by atomic mass is 10.1. The van der Waals surface area contributed by atoms with Gasteiger partial charge in [0, 0.05) is 17.3 Å². The lowest BCUT2D eigenvalue weighted by Gasteiger charge is -2.29. The fourth-order valence-corrected chi connectivity index (χ4v) is 2.38. The summed E-state index contributed by atoms with van der Waals surface area (Å²) in [7, 11) is 0. The Labute approximate surface area is 117 Å². The van der Waals surface area contributed by atoms with E-state index in [2.05, 4.69) is 0 Å². The van der Waals surface area contributed by atoms with E-state index in [1.54, 1.807) is 17.0 Å². The first-order valence-corrected chi connectivity index (χ1v) is 6.56. The van der Waals surface area contributed by atoms with Crippen LogP contribution >= 0.6 is 0 Å². The predicted octanol–water partition coefficient (Wildman–Crippen LogP) is 2.62. The summed E-state index contributed by atoms with van der Waals surface area (Å²) in [6, 6.07) is 13.0. The second-order valence-corrected chi connectivity index (χ2v) is 4.90. The first-order chi connectivity index (χ1) is 9.65. The van der Waals surface area contributed by atoms with Crippen LogP contribution in [0.25, 0.3) is 0 Å². The van der Waals surface area contributed by atoms with E-state index in [0.29, 0.717) is 30.2 Å². The molecule has 0 saturated carbocycles. The van der Waals surface area contributed by atoms with Crippen molar-refractivity contribution in [2.45, 2.75) is 6.92 Å². The Hall–Kier alpha value is -2.49. The van der Waals surface area contributed by atoms with Gasteiger partial charge in [-0.3, -0.25) is 4.79 Å². The van der Waals surface area contributed by atoms with Gasteiger partial charge in [0.2, 0.25) is 0 Å². The Kier molecular flexibility index (Phi) is 3.06. The molecule has 102 valence electrons. The molecule has 0 aromatic heterocycles. The summed E-state index contributed by atoms with van der Waals surface area (Å²) in [5, 5.41) is 0. The van der Waals surface area contributed by atoms with Gasteiger partial charge in [0.25, 0.3) is 5.91 Å². The van der Waals surface area contributed by atoms with Gasteiger partial charge >= 0.3 is 0 Å². The van der Waals surface area contributed by atoms with Crippen LogP contribution in [0.15, 0.2) is 42.5 Å². The molecule has 1 heterocycles. The molecule has 0 fully saturated rings. The topological polar surface area (TPSA) is 55.6 Å². The van der Waals surface area contributed by atoms with Gasteiger partial charge in [-0.25, -0.2) is 0 Å². The van der Waals surface area contributed by atoms with Crippen LogP contribution in [0.5, 0.6) is 5.75 Å². The molecule has 4 nitrogen and oxygen atoms in total. The Bertz CT molecular complexity index is 667. The van der Waals surface area contributed by atoms with Crippen LogP contribution in [0.2, 0.25) is 0 Å². The van der Waals surface area contributed by atoms with E-state index in [-0.39, 0.29) is 5.91 Å². The number of nitrogens with two attached hydrogens (primary N) is 1. The molecule has 0 unspecified atom stereocenters. The number of carbonyl (C=O) groups is 1. The first-order valence-electron chi connectivity index (χ1n) is 6.56. The molecule has 0 spiro atoms. The van der Waals surface area contributed by atoms with Crippen molar-refractivity contribution in [1.82, 2.24) is 0 Å². The Morgan fingerprint density at radius 2 is 2.10 bits per heavy atom. The number of rotatable bonds is 1. The second kappa shape index (κ2) is 4.89. The molecular formula is C16H16N2O2. The molecule has 1 aliphatic rings. The molecule has 0 saturated heterocycles. The summed E-state index contributed by atoms with van der Waals surface area (Å²) in [5.41, 5.74) is 8.92. The van der Waals surface area contributed by atoms with Gasteiger partial charge in [0.15, 0.2) is 0 Å². The van der Waals surface area contributed by atoms with Crippen molar-refractivity contribution in [3.8, 4) is 5.75 Å². The highest BCUT2D eigenvalue weighted by atomic mass is 16.5. The molecule has 2 aromatic rings. The van der Waals surface area contributed by atoms with Crippen molar-refractivity contribution in [3.05, 3.63) is 53.6 Å². The maximum absolute atomic E-state index is 12.6. The SMILES string of the molecule is Cc1cccc(C(=O)N2CCOc3cc(N)ccc32)c1. The molecule has 4 heteroatoms. The lowest BCUT2D eigenvalue weighted by molar-refractivity contribution is 0.0976. The summed E-state index contributed by atoms with van der Waals surface area (Å²) in [4.78, 5) is 14.4. The highest BCUT2D eigenvalue weighted by Gasteiger charge is 2.24. The third kappa shape index (κ3) is 2.20. The Morgan fingerprint density at radius 1 is 1.25 bits per heavy atom. The van der Waals surface area contributed by atoms with Gasteiger partial charge in [0.05, 0.1) is 12.2 Å². The van der Waals surface area contributed by atoms with E-state index in [0.717, 1.165) is 11.3 Å². The summed E-state index contributed by atoms with van der Waals surface area (Å²) < 4.78 is 5.57. The zero-order valence-corrected chi connectivity index (χ0v) is 11.3. The van der Waals surface area contributed by atoms with Crippen molar-refractivity contribution in [1.29, 1.82) is 0 Å². The fraction of sp³-hybridized carbons (Fsp3) is 0.188. The summed E-state index contributed by atoms with van der Waals surface area (Å²) in [5.74, 6) is 0.653. The van der Waals surface area contributed by atoms with E-state index in [4.69, 9.17) is 10.5 Å². The molecule has 0 radical (unpaired) electrons. The van der Waals surface area contributed by atoms with E-state index in [9.17, 15) is 4.79 Å². The van der Waals surface area contributed by atoms with Crippen molar-refractivity contribution in [2.75, 3.05) is 23.8 Å². The molecule has 0 atom stereocenters. The molecule has 1 aliphatic heterocycles. The minimum atomic E-state index is -0.0111. The molecule has 2 aromatic carbocycles. The summed E-state index contributed by atoms with van der Waals surface area (Å²) in [6.07, 6.45) is 0. The molecular weight excluding hydrogens is 252 g/mol. The highest BCUT2D eigenvalue weighted by molar-refractivity contribution is 6.07. The number of benzene rings is 2. The van der Waals surface area contributed by atoms with Crippen molar-refractivity contribution >= 4 is 17.3 Å². The van der Waals surface area contributed by atoms with Crippen LogP contribution < -0.4 is 15.4 Å². The molecule has 2 N–H and O–H groups in total. The molecule has 3 rings (SSSR count). The zero-order chi connectivity index (χ0) is 14.1. The number of hydrogen-bond donors (Lipinski definition) is 1.